The van der Waals surface area contributed by atoms with E-state index in [4.69, 9.17) is 4.74 Å². The molecule has 0 bridgehead atoms. The van der Waals surface area contributed by atoms with Crippen LogP contribution >= 0.6 is 0 Å². The van der Waals surface area contributed by atoms with Crippen molar-refractivity contribution >= 4 is 13.3 Å². The van der Waals surface area contributed by atoms with Gasteiger partial charge in [0.2, 0.25) is 0 Å². The highest BCUT2D eigenvalue weighted by molar-refractivity contribution is 6.96. The van der Waals surface area contributed by atoms with Crippen LogP contribution in [0.5, 0.6) is 5.75 Å². The van der Waals surface area contributed by atoms with Gasteiger partial charge in [-0.1, -0.05) is 67.6 Å². The Bertz CT molecular complexity index is 512. The Balaban J connectivity index is 2.45. The molecule has 0 fully saturated rings. The summed E-state index contributed by atoms with van der Waals surface area (Å²) in [7, 11) is 0.155. The van der Waals surface area contributed by atoms with Crippen LogP contribution in [0.2, 0.25) is 13.1 Å². The maximum atomic E-state index is 5.58. The molecule has 102 valence electrons. The fourth-order valence-electron chi connectivity index (χ4n) is 3.03. The highest BCUT2D eigenvalue weighted by Crippen LogP contribution is 2.32. The van der Waals surface area contributed by atoms with E-state index < -0.39 is 8.07 Å². The van der Waals surface area contributed by atoms with Gasteiger partial charge in [-0.15, -0.1) is 0 Å². The van der Waals surface area contributed by atoms with E-state index in [9.17, 15) is 0 Å². The Morgan fingerprint density at radius 2 is 1.95 bits per heavy atom. The summed E-state index contributed by atoms with van der Waals surface area (Å²) in [5.74, 6) is 1.05. The summed E-state index contributed by atoms with van der Waals surface area (Å²) in [6.45, 7) is 7.15. The standard InChI is InChI=1S/C17H24OSi/c1-5-9-14-10-8-13-16(14)19(3,4)17-12-7-6-11-15(17)18-2/h6-8,10-12H,5,9,13H2,1-4H3. The topological polar surface area (TPSA) is 9.23 Å². The van der Waals surface area contributed by atoms with E-state index in [1.165, 1.54) is 18.0 Å². The van der Waals surface area contributed by atoms with Gasteiger partial charge in [0.15, 0.2) is 0 Å². The third kappa shape index (κ3) is 2.69. The molecular weight excluding hydrogens is 248 g/mol. The van der Waals surface area contributed by atoms with Crippen molar-refractivity contribution in [2.45, 2.75) is 39.3 Å². The molecule has 0 aliphatic heterocycles. The lowest BCUT2D eigenvalue weighted by atomic mass is 10.2. The Labute approximate surface area is 118 Å². The van der Waals surface area contributed by atoms with Crippen LogP contribution in [-0.2, 0) is 0 Å². The molecule has 19 heavy (non-hydrogen) atoms. The summed E-state index contributed by atoms with van der Waals surface area (Å²) in [5.41, 5.74) is 1.57. The Morgan fingerprint density at radius 3 is 2.63 bits per heavy atom. The average Bonchev–Trinajstić information content (AvgIpc) is 2.88. The van der Waals surface area contributed by atoms with Crippen LogP contribution in [-0.4, -0.2) is 15.2 Å². The number of ether oxygens (including phenoxy) is 1. The summed E-state index contributed by atoms with van der Waals surface area (Å²) in [5, 5.41) is 3.10. The number of rotatable bonds is 5. The van der Waals surface area contributed by atoms with Gasteiger partial charge in [-0.05, 0) is 24.1 Å². The van der Waals surface area contributed by atoms with Crippen LogP contribution in [0.25, 0.3) is 0 Å². The van der Waals surface area contributed by atoms with E-state index in [1.807, 2.05) is 0 Å². The fraction of sp³-hybridized carbons (Fsp3) is 0.412. The largest absolute Gasteiger partial charge is 0.497 e. The van der Waals surface area contributed by atoms with Gasteiger partial charge >= 0.3 is 0 Å². The van der Waals surface area contributed by atoms with Gasteiger partial charge in [0.05, 0.1) is 7.11 Å². The fourth-order valence-corrected chi connectivity index (χ4v) is 6.31. The maximum Gasteiger partial charge on any atom is 0.118 e. The number of para-hydroxylation sites is 1. The monoisotopic (exact) mass is 272 g/mol. The summed E-state index contributed by atoms with van der Waals surface area (Å²) in [6.07, 6.45) is 8.22. The van der Waals surface area contributed by atoms with E-state index in [-0.39, 0.29) is 0 Å². The van der Waals surface area contributed by atoms with E-state index in [0.717, 1.165) is 12.2 Å². The Kier molecular flexibility index (Phi) is 4.30. The molecule has 2 rings (SSSR count). The highest BCUT2D eigenvalue weighted by atomic mass is 28.3. The van der Waals surface area contributed by atoms with Crippen LogP contribution in [0, 0.1) is 0 Å². The van der Waals surface area contributed by atoms with Crippen molar-refractivity contribution in [2.24, 2.45) is 0 Å². The molecule has 1 aromatic rings. The number of hydrogen-bond donors (Lipinski definition) is 0. The summed E-state index contributed by atoms with van der Waals surface area (Å²) in [6, 6.07) is 8.53. The molecule has 0 saturated heterocycles. The molecule has 0 atom stereocenters. The van der Waals surface area contributed by atoms with Crippen molar-refractivity contribution in [3.05, 3.63) is 47.2 Å². The molecule has 1 aromatic carbocycles. The smallest absolute Gasteiger partial charge is 0.118 e. The van der Waals surface area contributed by atoms with Crippen LogP contribution < -0.4 is 9.92 Å². The molecule has 0 radical (unpaired) electrons. The van der Waals surface area contributed by atoms with E-state index in [0.29, 0.717) is 0 Å². The van der Waals surface area contributed by atoms with Gasteiger partial charge in [0.25, 0.3) is 0 Å². The second-order valence-corrected chi connectivity index (χ2v) is 10.1. The zero-order valence-electron chi connectivity index (χ0n) is 12.5. The van der Waals surface area contributed by atoms with Crippen molar-refractivity contribution in [1.82, 2.24) is 0 Å². The number of allylic oxidation sites excluding steroid dienone is 4. The first kappa shape index (κ1) is 14.1. The summed E-state index contributed by atoms with van der Waals surface area (Å²) in [4.78, 5) is 0. The van der Waals surface area contributed by atoms with Gasteiger partial charge < -0.3 is 4.74 Å². The SMILES string of the molecule is CCCC1=C([Si](C)(C)c2ccccc2OC)CC=C1. The van der Waals surface area contributed by atoms with Gasteiger partial charge in [0.1, 0.15) is 13.8 Å². The zero-order valence-corrected chi connectivity index (χ0v) is 13.5. The normalized spacial score (nSPS) is 15.2. The van der Waals surface area contributed by atoms with Crippen molar-refractivity contribution in [3.63, 3.8) is 0 Å². The number of benzene rings is 1. The molecule has 1 aliphatic carbocycles. The van der Waals surface area contributed by atoms with Crippen molar-refractivity contribution in [2.75, 3.05) is 7.11 Å². The molecule has 0 unspecified atom stereocenters. The second-order valence-electron chi connectivity index (χ2n) is 5.69. The van der Waals surface area contributed by atoms with Crippen LogP contribution in [0.1, 0.15) is 26.2 Å². The van der Waals surface area contributed by atoms with Crippen molar-refractivity contribution < 1.29 is 4.74 Å². The molecular formula is C17H24OSi. The van der Waals surface area contributed by atoms with E-state index in [1.54, 1.807) is 17.9 Å². The molecule has 0 heterocycles. The molecule has 1 nitrogen and oxygen atoms in total. The molecule has 0 amide bonds. The van der Waals surface area contributed by atoms with E-state index >= 15 is 0 Å². The van der Waals surface area contributed by atoms with E-state index in [2.05, 4.69) is 56.4 Å². The minimum atomic E-state index is -1.62. The molecule has 0 saturated carbocycles. The summed E-state index contributed by atoms with van der Waals surface area (Å²) < 4.78 is 5.58. The third-order valence-corrected chi connectivity index (χ3v) is 7.88. The first-order valence-corrected chi connectivity index (χ1v) is 10.1. The number of hydrogen-bond acceptors (Lipinski definition) is 1. The maximum absolute atomic E-state index is 5.58. The van der Waals surface area contributed by atoms with Gasteiger partial charge in [-0.25, -0.2) is 0 Å². The molecule has 0 spiro atoms. The molecule has 0 aromatic heterocycles. The quantitative estimate of drug-likeness (QED) is 0.730. The average molecular weight is 272 g/mol. The lowest BCUT2D eigenvalue weighted by Crippen LogP contribution is -2.44. The highest BCUT2D eigenvalue weighted by Gasteiger charge is 2.33. The van der Waals surface area contributed by atoms with Gasteiger partial charge in [0, 0.05) is 0 Å². The lowest BCUT2D eigenvalue weighted by Gasteiger charge is -2.28. The minimum absolute atomic E-state index is 1.05. The van der Waals surface area contributed by atoms with Crippen molar-refractivity contribution in [3.8, 4) is 5.75 Å². The summed E-state index contributed by atoms with van der Waals surface area (Å²) >= 11 is 0. The van der Waals surface area contributed by atoms with Gasteiger partial charge in [-0.3, -0.25) is 0 Å². The van der Waals surface area contributed by atoms with Crippen LogP contribution in [0.15, 0.2) is 47.2 Å². The van der Waals surface area contributed by atoms with Crippen LogP contribution in [0.3, 0.4) is 0 Å². The van der Waals surface area contributed by atoms with Crippen LogP contribution in [0.4, 0.5) is 0 Å². The number of methoxy groups -OCH3 is 1. The lowest BCUT2D eigenvalue weighted by molar-refractivity contribution is 0.418. The Hall–Kier alpha value is -1.28. The molecule has 2 heteroatoms. The van der Waals surface area contributed by atoms with Gasteiger partial charge in [-0.2, -0.15) is 0 Å². The molecule has 0 N–H and O–H groups in total. The minimum Gasteiger partial charge on any atom is -0.497 e. The predicted molar refractivity (Wildman–Crippen MR) is 85.8 cm³/mol. The second kappa shape index (κ2) is 5.79. The van der Waals surface area contributed by atoms with Crippen molar-refractivity contribution in [1.29, 1.82) is 0 Å². The predicted octanol–water partition coefficient (Wildman–Crippen LogP) is 4.21. The molecule has 1 aliphatic rings. The Morgan fingerprint density at radius 1 is 1.21 bits per heavy atom. The third-order valence-electron chi connectivity index (χ3n) is 4.08. The zero-order chi connectivity index (χ0) is 13.9. The first-order valence-electron chi connectivity index (χ1n) is 7.13. The first-order chi connectivity index (χ1) is 9.11.